The zero-order valence-corrected chi connectivity index (χ0v) is 13.6. The van der Waals surface area contributed by atoms with Gasteiger partial charge in [0.25, 0.3) is 0 Å². The molecule has 100 valence electrons. The van der Waals surface area contributed by atoms with Gasteiger partial charge in [-0.15, -0.1) is 0 Å². The van der Waals surface area contributed by atoms with Crippen LogP contribution in [-0.4, -0.2) is 5.91 Å². The molecule has 0 unspecified atom stereocenters. The highest BCUT2D eigenvalue weighted by atomic mass is 127. The van der Waals surface area contributed by atoms with Gasteiger partial charge in [0.15, 0.2) is 0 Å². The van der Waals surface area contributed by atoms with Gasteiger partial charge in [0.05, 0.1) is 10.7 Å². The number of unbranched alkanes of at least 4 members (excludes halogenated alkanes) is 4. The van der Waals surface area contributed by atoms with E-state index in [-0.39, 0.29) is 5.91 Å². The summed E-state index contributed by atoms with van der Waals surface area (Å²) in [6.45, 7) is 2.19. The monoisotopic (exact) mass is 379 g/mol. The number of rotatable bonds is 7. The topological polar surface area (TPSA) is 29.1 Å². The fourth-order valence-electron chi connectivity index (χ4n) is 1.69. The van der Waals surface area contributed by atoms with Gasteiger partial charge in [-0.3, -0.25) is 4.79 Å². The third kappa shape index (κ3) is 6.05. The molecule has 1 aromatic rings. The molecule has 0 radical (unpaired) electrons. The van der Waals surface area contributed by atoms with Gasteiger partial charge in [0, 0.05) is 9.99 Å². The number of anilines is 1. The molecule has 0 bridgehead atoms. The lowest BCUT2D eigenvalue weighted by Gasteiger charge is -2.07. The van der Waals surface area contributed by atoms with Crippen LogP contribution >= 0.6 is 34.2 Å². The molecule has 0 spiro atoms. The highest BCUT2D eigenvalue weighted by Crippen LogP contribution is 2.24. The zero-order valence-electron chi connectivity index (χ0n) is 10.6. The predicted molar refractivity (Wildman–Crippen MR) is 86.2 cm³/mol. The Morgan fingerprint density at radius 1 is 1.28 bits per heavy atom. The Labute approximate surface area is 128 Å². The summed E-state index contributed by atoms with van der Waals surface area (Å²) in [7, 11) is 0. The second kappa shape index (κ2) is 8.75. The van der Waals surface area contributed by atoms with Crippen LogP contribution in [0.15, 0.2) is 18.2 Å². The number of halogens is 2. The molecule has 1 amide bonds. The minimum atomic E-state index is 0.0506. The van der Waals surface area contributed by atoms with Crippen LogP contribution in [0.25, 0.3) is 0 Å². The van der Waals surface area contributed by atoms with E-state index in [2.05, 4.69) is 34.8 Å². The quantitative estimate of drug-likeness (QED) is 0.509. The van der Waals surface area contributed by atoms with Crippen molar-refractivity contribution in [1.82, 2.24) is 0 Å². The number of nitrogens with one attached hydrogen (secondary N) is 1. The highest BCUT2D eigenvalue weighted by molar-refractivity contribution is 14.1. The number of carbonyl (C=O) groups excluding carboxylic acids is 1. The van der Waals surface area contributed by atoms with Gasteiger partial charge in [0.1, 0.15) is 0 Å². The number of benzene rings is 1. The Morgan fingerprint density at radius 3 is 2.67 bits per heavy atom. The predicted octanol–water partition coefficient (Wildman–Crippen LogP) is 5.24. The van der Waals surface area contributed by atoms with Crippen LogP contribution in [0, 0.1) is 3.57 Å². The summed E-state index contributed by atoms with van der Waals surface area (Å²) >= 11 is 8.25. The molecule has 1 aromatic carbocycles. The van der Waals surface area contributed by atoms with Gasteiger partial charge < -0.3 is 5.32 Å². The highest BCUT2D eigenvalue weighted by Gasteiger charge is 2.05. The molecule has 0 aliphatic heterocycles. The van der Waals surface area contributed by atoms with Crippen molar-refractivity contribution in [2.45, 2.75) is 45.4 Å². The van der Waals surface area contributed by atoms with E-state index in [1.54, 1.807) is 0 Å². The van der Waals surface area contributed by atoms with Crippen molar-refractivity contribution in [3.63, 3.8) is 0 Å². The van der Waals surface area contributed by atoms with E-state index in [4.69, 9.17) is 11.6 Å². The van der Waals surface area contributed by atoms with Gasteiger partial charge in [-0.25, -0.2) is 0 Å². The molecular formula is C14H19ClINO. The first-order chi connectivity index (χ1) is 8.63. The second-order valence-corrected chi connectivity index (χ2v) is 5.99. The lowest BCUT2D eigenvalue weighted by molar-refractivity contribution is -0.116. The Kier molecular flexibility index (Phi) is 7.66. The maximum atomic E-state index is 11.7. The van der Waals surface area contributed by atoms with E-state index in [0.717, 1.165) is 16.4 Å². The van der Waals surface area contributed by atoms with Crippen LogP contribution in [-0.2, 0) is 4.79 Å². The normalized spacial score (nSPS) is 10.4. The van der Waals surface area contributed by atoms with Crippen LogP contribution in [0.2, 0.25) is 5.02 Å². The Hall–Kier alpha value is -0.290. The molecule has 0 aliphatic carbocycles. The van der Waals surface area contributed by atoms with Crippen LogP contribution in [0.4, 0.5) is 5.69 Å². The van der Waals surface area contributed by atoms with Crippen LogP contribution in [0.3, 0.4) is 0 Å². The summed E-state index contributed by atoms with van der Waals surface area (Å²) in [6.07, 6.45) is 6.35. The standard InChI is InChI=1S/C14H19ClINO/c1-2-3-4-5-6-7-14(18)17-13-9-8-11(16)10-12(13)15/h8-10H,2-7H2,1H3,(H,17,18). The van der Waals surface area contributed by atoms with Crippen LogP contribution < -0.4 is 5.32 Å². The van der Waals surface area contributed by atoms with Crippen molar-refractivity contribution in [2.75, 3.05) is 5.32 Å². The fraction of sp³-hybridized carbons (Fsp3) is 0.500. The fourth-order valence-corrected chi connectivity index (χ4v) is 2.60. The van der Waals surface area contributed by atoms with E-state index in [9.17, 15) is 4.79 Å². The summed E-state index contributed by atoms with van der Waals surface area (Å²) in [5.41, 5.74) is 0.704. The Balaban J connectivity index is 2.31. The number of carbonyl (C=O) groups is 1. The Bertz CT molecular complexity index is 395. The Morgan fingerprint density at radius 2 is 2.00 bits per heavy atom. The summed E-state index contributed by atoms with van der Waals surface area (Å²) in [5.74, 6) is 0.0506. The maximum absolute atomic E-state index is 11.7. The molecule has 18 heavy (non-hydrogen) atoms. The van der Waals surface area contributed by atoms with Gasteiger partial charge in [-0.2, -0.15) is 0 Å². The summed E-state index contributed by atoms with van der Waals surface area (Å²) < 4.78 is 1.06. The molecule has 0 saturated carbocycles. The number of amides is 1. The summed E-state index contributed by atoms with van der Waals surface area (Å²) in [5, 5.41) is 3.45. The summed E-state index contributed by atoms with van der Waals surface area (Å²) in [4.78, 5) is 11.7. The van der Waals surface area contributed by atoms with Crippen molar-refractivity contribution in [3.8, 4) is 0 Å². The zero-order chi connectivity index (χ0) is 13.4. The third-order valence-corrected chi connectivity index (χ3v) is 3.70. The second-order valence-electron chi connectivity index (χ2n) is 4.34. The van der Waals surface area contributed by atoms with Gasteiger partial charge in [0.2, 0.25) is 5.91 Å². The van der Waals surface area contributed by atoms with E-state index < -0.39 is 0 Å². The lowest BCUT2D eigenvalue weighted by Crippen LogP contribution is -2.11. The van der Waals surface area contributed by atoms with E-state index in [0.29, 0.717) is 17.1 Å². The third-order valence-electron chi connectivity index (χ3n) is 2.71. The average molecular weight is 380 g/mol. The molecule has 0 heterocycles. The lowest BCUT2D eigenvalue weighted by atomic mass is 10.1. The largest absolute Gasteiger partial charge is 0.325 e. The van der Waals surface area contributed by atoms with Gasteiger partial charge >= 0.3 is 0 Å². The first kappa shape index (κ1) is 15.8. The molecule has 0 aromatic heterocycles. The van der Waals surface area contributed by atoms with Crippen molar-refractivity contribution >= 4 is 45.8 Å². The van der Waals surface area contributed by atoms with Gasteiger partial charge in [-0.05, 0) is 47.2 Å². The van der Waals surface area contributed by atoms with E-state index >= 15 is 0 Å². The minimum absolute atomic E-state index is 0.0506. The molecule has 4 heteroatoms. The number of hydrogen-bond donors (Lipinski definition) is 1. The maximum Gasteiger partial charge on any atom is 0.224 e. The average Bonchev–Trinajstić information content (AvgIpc) is 2.32. The smallest absolute Gasteiger partial charge is 0.224 e. The van der Waals surface area contributed by atoms with E-state index in [1.165, 1.54) is 19.3 Å². The molecule has 2 nitrogen and oxygen atoms in total. The first-order valence-electron chi connectivity index (χ1n) is 6.38. The number of hydrogen-bond acceptors (Lipinski definition) is 1. The molecule has 0 atom stereocenters. The summed E-state index contributed by atoms with van der Waals surface area (Å²) in [6, 6.07) is 5.63. The van der Waals surface area contributed by atoms with Crippen molar-refractivity contribution in [3.05, 3.63) is 26.8 Å². The van der Waals surface area contributed by atoms with Crippen molar-refractivity contribution < 1.29 is 4.79 Å². The molecular weight excluding hydrogens is 361 g/mol. The molecule has 0 fully saturated rings. The van der Waals surface area contributed by atoms with Crippen LogP contribution in [0.5, 0.6) is 0 Å². The SMILES string of the molecule is CCCCCCCC(=O)Nc1ccc(I)cc1Cl. The minimum Gasteiger partial charge on any atom is -0.325 e. The van der Waals surface area contributed by atoms with Crippen molar-refractivity contribution in [2.24, 2.45) is 0 Å². The molecule has 1 rings (SSSR count). The van der Waals surface area contributed by atoms with Crippen molar-refractivity contribution in [1.29, 1.82) is 0 Å². The van der Waals surface area contributed by atoms with Crippen LogP contribution in [0.1, 0.15) is 45.4 Å². The van der Waals surface area contributed by atoms with E-state index in [1.807, 2.05) is 18.2 Å². The molecule has 0 aliphatic rings. The molecule has 1 N–H and O–H groups in total. The first-order valence-corrected chi connectivity index (χ1v) is 7.84. The molecule has 0 saturated heterocycles. The van der Waals surface area contributed by atoms with Gasteiger partial charge in [-0.1, -0.05) is 44.2 Å².